The topological polar surface area (TPSA) is 39.2 Å². The Bertz CT molecular complexity index is 398. The van der Waals surface area contributed by atoms with Gasteiger partial charge in [0.2, 0.25) is 5.95 Å². The number of hydrogen-bond acceptors (Lipinski definition) is 3. The van der Waals surface area contributed by atoms with Gasteiger partial charge in [0.15, 0.2) is 5.69 Å². The molecule has 0 bridgehead atoms. The summed E-state index contributed by atoms with van der Waals surface area (Å²) in [5, 5.41) is 0. The van der Waals surface area contributed by atoms with E-state index in [0.29, 0.717) is 0 Å². The highest BCUT2D eigenvalue weighted by Gasteiger charge is 2.23. The van der Waals surface area contributed by atoms with Crippen molar-refractivity contribution < 1.29 is 22.7 Å². The van der Waals surface area contributed by atoms with E-state index >= 15 is 0 Å². The van der Waals surface area contributed by atoms with Crippen molar-refractivity contribution in [2.24, 2.45) is 0 Å². The summed E-state index contributed by atoms with van der Waals surface area (Å²) < 4.78 is 41.8. The second-order valence-corrected chi connectivity index (χ2v) is 3.35. The van der Waals surface area contributed by atoms with E-state index in [4.69, 9.17) is 0 Å². The number of methoxy groups -OCH3 is 1. The third-order valence-electron chi connectivity index (χ3n) is 1.58. The summed E-state index contributed by atoms with van der Waals surface area (Å²) in [4.78, 5) is 14.1. The van der Waals surface area contributed by atoms with Gasteiger partial charge >= 0.3 is 5.97 Å². The molecule has 0 spiro atoms. The Morgan fingerprint density at radius 1 is 1.60 bits per heavy atom. The third-order valence-corrected chi connectivity index (χ3v) is 2.13. The largest absolute Gasteiger partial charge is 0.464 e. The first kappa shape index (κ1) is 12.0. The van der Waals surface area contributed by atoms with E-state index in [1.807, 2.05) is 0 Å². The quantitative estimate of drug-likeness (QED) is 0.619. The fourth-order valence-corrected chi connectivity index (χ4v) is 1.24. The summed E-state index contributed by atoms with van der Waals surface area (Å²) in [6, 6.07) is 0.805. The van der Waals surface area contributed by atoms with Crippen molar-refractivity contribution in [3.63, 3.8) is 0 Å². The smallest absolute Gasteiger partial charge is 0.357 e. The van der Waals surface area contributed by atoms with Gasteiger partial charge in [-0.1, -0.05) is 0 Å². The van der Waals surface area contributed by atoms with Crippen LogP contribution in [0.4, 0.5) is 13.2 Å². The van der Waals surface area contributed by atoms with Gasteiger partial charge in [0, 0.05) is 0 Å². The lowest BCUT2D eigenvalue weighted by Crippen LogP contribution is -2.10. The van der Waals surface area contributed by atoms with Crippen LogP contribution in [0.15, 0.2) is 10.5 Å². The number of carbonyl (C=O) groups is 1. The molecular formula is C8H5BrF3NO2. The van der Waals surface area contributed by atoms with Gasteiger partial charge < -0.3 is 4.74 Å². The van der Waals surface area contributed by atoms with E-state index in [1.54, 1.807) is 0 Å². The Morgan fingerprint density at radius 3 is 2.67 bits per heavy atom. The summed E-state index contributed by atoms with van der Waals surface area (Å²) in [5.74, 6) is -2.14. The SMILES string of the molecule is COC(=O)c1nc(F)c(Br)cc1C(F)F. The van der Waals surface area contributed by atoms with E-state index < -0.39 is 29.6 Å². The van der Waals surface area contributed by atoms with Gasteiger partial charge in [-0.2, -0.15) is 4.39 Å². The lowest BCUT2D eigenvalue weighted by molar-refractivity contribution is 0.0579. The number of esters is 1. The number of halogens is 4. The van der Waals surface area contributed by atoms with Crippen LogP contribution < -0.4 is 0 Å². The number of ether oxygens (including phenoxy) is 1. The highest BCUT2D eigenvalue weighted by molar-refractivity contribution is 9.10. The lowest BCUT2D eigenvalue weighted by Gasteiger charge is -2.06. The maximum absolute atomic E-state index is 12.9. The fraction of sp³-hybridized carbons (Fsp3) is 0.250. The molecule has 3 nitrogen and oxygen atoms in total. The summed E-state index contributed by atoms with van der Waals surface area (Å²) in [6.45, 7) is 0. The average molecular weight is 284 g/mol. The van der Waals surface area contributed by atoms with Gasteiger partial charge in [0.25, 0.3) is 6.43 Å². The lowest BCUT2D eigenvalue weighted by atomic mass is 10.2. The summed E-state index contributed by atoms with van der Waals surface area (Å²) in [5.41, 5.74) is -1.39. The van der Waals surface area contributed by atoms with Crippen LogP contribution in [-0.4, -0.2) is 18.1 Å². The molecule has 1 heterocycles. The molecule has 1 aromatic heterocycles. The zero-order valence-corrected chi connectivity index (χ0v) is 9.02. The molecule has 0 amide bonds. The molecule has 7 heteroatoms. The molecule has 0 aliphatic carbocycles. The summed E-state index contributed by atoms with van der Waals surface area (Å²) >= 11 is 2.70. The molecule has 0 aromatic carbocycles. The monoisotopic (exact) mass is 283 g/mol. The Balaban J connectivity index is 3.34. The van der Waals surface area contributed by atoms with Crippen molar-refractivity contribution in [3.05, 3.63) is 27.7 Å². The van der Waals surface area contributed by atoms with Crippen LogP contribution in [0.3, 0.4) is 0 Å². The molecule has 0 aliphatic heterocycles. The fourth-order valence-electron chi connectivity index (χ4n) is 0.907. The predicted octanol–water partition coefficient (Wildman–Crippen LogP) is 2.71. The minimum Gasteiger partial charge on any atom is -0.464 e. The first-order valence-corrected chi connectivity index (χ1v) is 4.49. The molecule has 0 unspecified atom stereocenters. The number of alkyl halides is 2. The zero-order valence-electron chi connectivity index (χ0n) is 7.43. The number of aromatic nitrogens is 1. The van der Waals surface area contributed by atoms with Gasteiger partial charge in [-0.3, -0.25) is 0 Å². The first-order valence-electron chi connectivity index (χ1n) is 3.69. The average Bonchev–Trinajstić information content (AvgIpc) is 2.20. The number of pyridine rings is 1. The Morgan fingerprint density at radius 2 is 2.20 bits per heavy atom. The minimum atomic E-state index is -2.93. The van der Waals surface area contributed by atoms with Crippen LogP contribution >= 0.6 is 15.9 Å². The zero-order chi connectivity index (χ0) is 11.6. The molecule has 0 saturated carbocycles. The molecule has 0 fully saturated rings. The Kier molecular flexibility index (Phi) is 3.67. The molecule has 0 radical (unpaired) electrons. The van der Waals surface area contributed by atoms with Crippen LogP contribution in [0.2, 0.25) is 0 Å². The second kappa shape index (κ2) is 4.61. The van der Waals surface area contributed by atoms with Gasteiger partial charge in [-0.05, 0) is 22.0 Å². The van der Waals surface area contributed by atoms with Crippen molar-refractivity contribution in [3.8, 4) is 0 Å². The van der Waals surface area contributed by atoms with E-state index in [0.717, 1.165) is 13.2 Å². The highest BCUT2D eigenvalue weighted by atomic mass is 79.9. The molecular weight excluding hydrogens is 279 g/mol. The molecule has 15 heavy (non-hydrogen) atoms. The van der Waals surface area contributed by atoms with E-state index in [2.05, 4.69) is 25.7 Å². The predicted molar refractivity (Wildman–Crippen MR) is 48.2 cm³/mol. The van der Waals surface area contributed by atoms with E-state index in [9.17, 15) is 18.0 Å². The standard InChI is InChI=1S/C8H5BrF3NO2/c1-15-8(14)5-3(6(10)11)2-4(9)7(12)13-5/h2,6H,1H3. The van der Waals surface area contributed by atoms with Gasteiger partial charge in [-0.15, -0.1) is 0 Å². The van der Waals surface area contributed by atoms with Gasteiger partial charge in [0.05, 0.1) is 17.1 Å². The number of carbonyl (C=O) groups excluding carboxylic acids is 1. The molecule has 0 N–H and O–H groups in total. The van der Waals surface area contributed by atoms with E-state index in [-0.39, 0.29) is 4.47 Å². The van der Waals surface area contributed by atoms with Crippen molar-refractivity contribution in [2.75, 3.05) is 7.11 Å². The first-order chi connectivity index (χ1) is 6.97. The number of hydrogen-bond donors (Lipinski definition) is 0. The van der Waals surface area contributed by atoms with Crippen LogP contribution in [0, 0.1) is 5.95 Å². The third kappa shape index (κ3) is 2.47. The van der Waals surface area contributed by atoms with Crippen molar-refractivity contribution in [1.82, 2.24) is 4.98 Å². The molecule has 82 valence electrons. The highest BCUT2D eigenvalue weighted by Crippen LogP contribution is 2.26. The van der Waals surface area contributed by atoms with Crippen molar-refractivity contribution in [1.29, 1.82) is 0 Å². The van der Waals surface area contributed by atoms with Crippen molar-refractivity contribution in [2.45, 2.75) is 6.43 Å². The van der Waals surface area contributed by atoms with Gasteiger partial charge in [-0.25, -0.2) is 18.6 Å². The van der Waals surface area contributed by atoms with Crippen LogP contribution in [-0.2, 0) is 4.74 Å². The minimum absolute atomic E-state index is 0.231. The van der Waals surface area contributed by atoms with Crippen LogP contribution in [0.25, 0.3) is 0 Å². The Hall–Kier alpha value is -1.11. The van der Waals surface area contributed by atoms with Crippen molar-refractivity contribution >= 4 is 21.9 Å². The molecule has 0 aliphatic rings. The van der Waals surface area contributed by atoms with E-state index in [1.165, 1.54) is 0 Å². The van der Waals surface area contributed by atoms with Crippen LogP contribution in [0.1, 0.15) is 22.5 Å². The Labute approximate surface area is 91.4 Å². The van der Waals surface area contributed by atoms with Crippen LogP contribution in [0.5, 0.6) is 0 Å². The summed E-state index contributed by atoms with van der Waals surface area (Å²) in [7, 11) is 0.999. The molecule has 1 aromatic rings. The molecule has 0 saturated heterocycles. The van der Waals surface area contributed by atoms with Gasteiger partial charge in [0.1, 0.15) is 0 Å². The maximum atomic E-state index is 12.9. The number of nitrogens with zero attached hydrogens (tertiary/aromatic N) is 1. The molecule has 1 rings (SSSR count). The second-order valence-electron chi connectivity index (χ2n) is 2.49. The maximum Gasteiger partial charge on any atom is 0.357 e. The summed E-state index contributed by atoms with van der Waals surface area (Å²) in [6.07, 6.45) is -2.93. The normalized spacial score (nSPS) is 10.5. The number of rotatable bonds is 2. The molecule has 0 atom stereocenters.